The average Bonchev–Trinajstić information content (AvgIpc) is 2.52. The Kier molecular flexibility index (Phi) is 6.98. The Morgan fingerprint density at radius 2 is 2.33 bits per heavy atom. The maximum atomic E-state index is 11.8. The molecule has 2 N–H and O–H groups in total. The summed E-state index contributed by atoms with van der Waals surface area (Å²) in [5, 5.41) is 12.4. The Morgan fingerprint density at radius 1 is 1.56 bits per heavy atom. The monoisotopic (exact) mass is 254 g/mol. The molecular formula is C14H26N2O2. The van der Waals surface area contributed by atoms with Crippen LogP contribution in [0.15, 0.2) is 12.7 Å². The maximum Gasteiger partial charge on any atom is 0.234 e. The number of hydrogen-bond acceptors (Lipinski definition) is 3. The summed E-state index contributed by atoms with van der Waals surface area (Å²) in [6.45, 7) is 7.32. The third-order valence-electron chi connectivity index (χ3n) is 3.40. The molecule has 0 aromatic heterocycles. The van der Waals surface area contributed by atoms with Crippen molar-refractivity contribution in [3.05, 3.63) is 12.7 Å². The molecule has 0 aromatic carbocycles. The smallest absolute Gasteiger partial charge is 0.234 e. The quantitative estimate of drug-likeness (QED) is 0.703. The molecule has 1 saturated heterocycles. The van der Waals surface area contributed by atoms with Crippen LogP contribution in [0.4, 0.5) is 0 Å². The molecule has 1 amide bonds. The summed E-state index contributed by atoms with van der Waals surface area (Å²) in [4.78, 5) is 14.0. The number of nitrogens with zero attached hydrogens (tertiary/aromatic N) is 1. The van der Waals surface area contributed by atoms with Crippen molar-refractivity contribution >= 4 is 5.91 Å². The van der Waals surface area contributed by atoms with Crippen molar-refractivity contribution < 1.29 is 9.90 Å². The second-order valence-electron chi connectivity index (χ2n) is 5.15. The molecule has 4 nitrogen and oxygen atoms in total. The van der Waals surface area contributed by atoms with E-state index in [4.69, 9.17) is 0 Å². The molecule has 1 rings (SSSR count). The Hall–Kier alpha value is -0.870. The number of nitrogens with one attached hydrogen (secondary N) is 1. The van der Waals surface area contributed by atoms with Gasteiger partial charge in [-0.3, -0.25) is 9.69 Å². The van der Waals surface area contributed by atoms with Gasteiger partial charge in [0.15, 0.2) is 0 Å². The molecule has 4 heteroatoms. The molecule has 0 bridgehead atoms. The lowest BCUT2D eigenvalue weighted by Crippen LogP contribution is -2.43. The van der Waals surface area contributed by atoms with Gasteiger partial charge in [-0.15, -0.1) is 6.58 Å². The summed E-state index contributed by atoms with van der Waals surface area (Å²) in [5.41, 5.74) is 0. The van der Waals surface area contributed by atoms with Crippen LogP contribution in [0, 0.1) is 0 Å². The summed E-state index contributed by atoms with van der Waals surface area (Å²) in [6, 6.07) is 0.335. The first-order valence-corrected chi connectivity index (χ1v) is 6.93. The summed E-state index contributed by atoms with van der Waals surface area (Å²) >= 11 is 0. The number of hydrogen-bond donors (Lipinski definition) is 2. The molecular weight excluding hydrogens is 228 g/mol. The van der Waals surface area contributed by atoms with Crippen LogP contribution >= 0.6 is 0 Å². The van der Waals surface area contributed by atoms with Gasteiger partial charge in [0.25, 0.3) is 0 Å². The van der Waals surface area contributed by atoms with Crippen molar-refractivity contribution in [2.75, 3.05) is 19.6 Å². The number of carbonyl (C=O) groups is 1. The first-order valence-electron chi connectivity index (χ1n) is 6.93. The van der Waals surface area contributed by atoms with Gasteiger partial charge >= 0.3 is 0 Å². The van der Waals surface area contributed by atoms with Crippen LogP contribution in [-0.4, -0.2) is 47.7 Å². The van der Waals surface area contributed by atoms with Crippen molar-refractivity contribution in [2.24, 2.45) is 0 Å². The van der Waals surface area contributed by atoms with Crippen LogP contribution in [0.3, 0.4) is 0 Å². The number of carbonyl (C=O) groups excluding carboxylic acids is 1. The third kappa shape index (κ3) is 5.65. The molecule has 0 spiro atoms. The fraction of sp³-hybridized carbons (Fsp3) is 0.786. The lowest BCUT2D eigenvalue weighted by atomic mass is 10.0. The van der Waals surface area contributed by atoms with Gasteiger partial charge in [-0.25, -0.2) is 0 Å². The fourth-order valence-electron chi connectivity index (χ4n) is 2.53. The molecule has 1 aliphatic rings. The first kappa shape index (κ1) is 15.2. The number of likely N-dealkylation sites (tertiary alicyclic amines) is 1. The highest BCUT2D eigenvalue weighted by Gasteiger charge is 2.23. The molecule has 2 atom stereocenters. The van der Waals surface area contributed by atoms with Gasteiger partial charge in [0.2, 0.25) is 5.91 Å². The van der Waals surface area contributed by atoms with E-state index in [0.29, 0.717) is 19.1 Å². The van der Waals surface area contributed by atoms with Crippen LogP contribution in [0.1, 0.15) is 39.0 Å². The lowest BCUT2D eigenvalue weighted by molar-refractivity contribution is -0.122. The summed E-state index contributed by atoms with van der Waals surface area (Å²) in [7, 11) is 0. The van der Waals surface area contributed by atoms with Crippen molar-refractivity contribution in [2.45, 2.75) is 51.2 Å². The van der Waals surface area contributed by atoms with Gasteiger partial charge in [0.05, 0.1) is 12.6 Å². The van der Waals surface area contributed by atoms with Crippen molar-refractivity contribution in [3.8, 4) is 0 Å². The highest BCUT2D eigenvalue weighted by Crippen LogP contribution is 2.20. The van der Waals surface area contributed by atoms with Gasteiger partial charge in [-0.05, 0) is 32.7 Å². The topological polar surface area (TPSA) is 52.6 Å². The number of aliphatic hydroxyl groups excluding tert-OH is 1. The van der Waals surface area contributed by atoms with Crippen molar-refractivity contribution in [1.29, 1.82) is 0 Å². The van der Waals surface area contributed by atoms with Gasteiger partial charge in [0, 0.05) is 12.6 Å². The van der Waals surface area contributed by atoms with Crippen molar-refractivity contribution in [3.63, 3.8) is 0 Å². The minimum absolute atomic E-state index is 0.0485. The van der Waals surface area contributed by atoms with Gasteiger partial charge < -0.3 is 10.4 Å². The normalized spacial score (nSPS) is 23.1. The van der Waals surface area contributed by atoms with E-state index in [-0.39, 0.29) is 12.0 Å². The van der Waals surface area contributed by atoms with E-state index in [1.165, 1.54) is 12.8 Å². The van der Waals surface area contributed by atoms with Crippen LogP contribution in [-0.2, 0) is 4.79 Å². The van der Waals surface area contributed by atoms with Crippen LogP contribution < -0.4 is 5.32 Å². The molecule has 18 heavy (non-hydrogen) atoms. The minimum atomic E-state index is -0.299. The summed E-state index contributed by atoms with van der Waals surface area (Å²) in [6.07, 6.45) is 6.79. The maximum absolute atomic E-state index is 11.8. The number of amides is 1. The van der Waals surface area contributed by atoms with E-state index in [1.54, 1.807) is 6.08 Å². The minimum Gasteiger partial charge on any atom is -0.393 e. The van der Waals surface area contributed by atoms with Crippen molar-refractivity contribution in [1.82, 2.24) is 10.2 Å². The second kappa shape index (κ2) is 8.27. The van der Waals surface area contributed by atoms with Crippen LogP contribution in [0.25, 0.3) is 0 Å². The average molecular weight is 254 g/mol. The van der Waals surface area contributed by atoms with Gasteiger partial charge in [0.1, 0.15) is 0 Å². The van der Waals surface area contributed by atoms with E-state index in [1.807, 2.05) is 6.92 Å². The Bertz CT molecular complexity index is 267. The highest BCUT2D eigenvalue weighted by molar-refractivity contribution is 5.78. The van der Waals surface area contributed by atoms with Crippen LogP contribution in [0.2, 0.25) is 0 Å². The van der Waals surface area contributed by atoms with E-state index >= 15 is 0 Å². The van der Waals surface area contributed by atoms with E-state index < -0.39 is 0 Å². The fourth-order valence-corrected chi connectivity index (χ4v) is 2.53. The molecule has 1 fully saturated rings. The highest BCUT2D eigenvalue weighted by atomic mass is 16.3. The molecule has 0 aliphatic carbocycles. The molecule has 0 saturated carbocycles. The zero-order valence-electron chi connectivity index (χ0n) is 11.4. The number of aliphatic hydroxyl groups is 1. The SMILES string of the molecule is C=CCNC(=O)CN1CCCCCC1CC(C)O. The van der Waals surface area contributed by atoms with Gasteiger partial charge in [-0.1, -0.05) is 18.9 Å². The molecule has 1 aliphatic heterocycles. The largest absolute Gasteiger partial charge is 0.393 e. The summed E-state index contributed by atoms with van der Waals surface area (Å²) in [5.74, 6) is 0.0485. The zero-order valence-corrected chi connectivity index (χ0v) is 11.4. The van der Waals surface area contributed by atoms with E-state index in [2.05, 4.69) is 16.8 Å². The second-order valence-corrected chi connectivity index (χ2v) is 5.15. The molecule has 0 aromatic rings. The van der Waals surface area contributed by atoms with E-state index in [0.717, 1.165) is 25.8 Å². The zero-order chi connectivity index (χ0) is 13.4. The first-order chi connectivity index (χ1) is 8.63. The predicted molar refractivity (Wildman–Crippen MR) is 73.3 cm³/mol. The number of rotatable bonds is 6. The Morgan fingerprint density at radius 3 is 3.00 bits per heavy atom. The molecule has 0 radical (unpaired) electrons. The molecule has 1 heterocycles. The molecule has 2 unspecified atom stereocenters. The standard InChI is InChI=1S/C14H26N2O2/c1-3-8-15-14(18)11-16-9-6-4-5-7-13(16)10-12(2)17/h3,12-13,17H,1,4-11H2,2H3,(H,15,18). The summed E-state index contributed by atoms with van der Waals surface area (Å²) < 4.78 is 0. The lowest BCUT2D eigenvalue weighted by Gasteiger charge is -2.30. The van der Waals surface area contributed by atoms with E-state index in [9.17, 15) is 9.90 Å². The van der Waals surface area contributed by atoms with Gasteiger partial charge in [-0.2, -0.15) is 0 Å². The molecule has 104 valence electrons. The van der Waals surface area contributed by atoms with Crippen LogP contribution in [0.5, 0.6) is 0 Å². The Labute approximate surface area is 110 Å². The predicted octanol–water partition coefficient (Wildman–Crippen LogP) is 1.30. The third-order valence-corrected chi connectivity index (χ3v) is 3.40. The Balaban J connectivity index is 2.50.